The Morgan fingerprint density at radius 1 is 0.897 bits per heavy atom. The van der Waals surface area contributed by atoms with Gasteiger partial charge in [-0.05, 0) is 24.1 Å². The number of hydrogen-bond donors (Lipinski definition) is 1. The van der Waals surface area contributed by atoms with E-state index >= 15 is 0 Å². The Morgan fingerprint density at radius 2 is 1.45 bits per heavy atom. The van der Waals surface area contributed by atoms with Gasteiger partial charge in [-0.15, -0.1) is 0 Å². The molecule has 0 aliphatic rings. The lowest BCUT2D eigenvalue weighted by Gasteiger charge is -2.32. The zero-order valence-corrected chi connectivity index (χ0v) is 16.5. The minimum Gasteiger partial charge on any atom is -0.451 e. The Labute approximate surface area is 170 Å². The van der Waals surface area contributed by atoms with Gasteiger partial charge in [0.1, 0.15) is 5.58 Å². The van der Waals surface area contributed by atoms with Crippen molar-refractivity contribution in [2.75, 3.05) is 7.11 Å². The zero-order valence-electron chi connectivity index (χ0n) is 16.5. The summed E-state index contributed by atoms with van der Waals surface area (Å²) in [5.74, 6) is 0.00888. The lowest BCUT2D eigenvalue weighted by Crippen LogP contribution is -2.44. The van der Waals surface area contributed by atoms with Gasteiger partial charge in [0.15, 0.2) is 5.76 Å². The van der Waals surface area contributed by atoms with Crippen molar-refractivity contribution < 1.29 is 13.9 Å². The summed E-state index contributed by atoms with van der Waals surface area (Å²) in [5, 5.41) is 4.10. The van der Waals surface area contributed by atoms with Crippen molar-refractivity contribution in [3.8, 4) is 0 Å². The van der Waals surface area contributed by atoms with Crippen molar-refractivity contribution in [1.29, 1.82) is 0 Å². The third-order valence-corrected chi connectivity index (χ3v) is 5.26. The molecule has 4 nitrogen and oxygen atoms in total. The van der Waals surface area contributed by atoms with Gasteiger partial charge in [0.05, 0.1) is 12.1 Å². The molecule has 4 aromatic rings. The lowest BCUT2D eigenvalue weighted by molar-refractivity contribution is 0.0886. The maximum absolute atomic E-state index is 13.4. The predicted octanol–water partition coefficient (Wildman–Crippen LogP) is 5.27. The maximum atomic E-state index is 13.4. The van der Waals surface area contributed by atoms with Crippen LogP contribution in [0.1, 0.15) is 34.2 Å². The van der Waals surface area contributed by atoms with Crippen LogP contribution in [0.4, 0.5) is 0 Å². The molecule has 1 heterocycles. The lowest BCUT2D eigenvalue weighted by atomic mass is 9.84. The quantitative estimate of drug-likeness (QED) is 0.492. The number of rotatable bonds is 6. The van der Waals surface area contributed by atoms with Crippen LogP contribution in [-0.2, 0) is 16.9 Å². The van der Waals surface area contributed by atoms with Crippen molar-refractivity contribution in [1.82, 2.24) is 5.32 Å². The molecule has 0 fully saturated rings. The smallest absolute Gasteiger partial charge is 0.288 e. The molecule has 0 radical (unpaired) electrons. The van der Waals surface area contributed by atoms with Crippen molar-refractivity contribution in [2.24, 2.45) is 0 Å². The number of carbonyl (C=O) groups is 1. The number of hydrogen-bond acceptors (Lipinski definition) is 3. The molecule has 29 heavy (non-hydrogen) atoms. The largest absolute Gasteiger partial charge is 0.451 e. The van der Waals surface area contributed by atoms with Gasteiger partial charge in [0, 0.05) is 18.1 Å². The molecule has 0 saturated carbocycles. The fraction of sp³-hybridized carbons (Fsp3) is 0.160. The first-order chi connectivity index (χ1) is 14.1. The van der Waals surface area contributed by atoms with Crippen LogP contribution in [0.2, 0.25) is 0 Å². The molecule has 1 N–H and O–H groups in total. The molecule has 0 atom stereocenters. The van der Waals surface area contributed by atoms with E-state index in [1.165, 1.54) is 0 Å². The van der Waals surface area contributed by atoms with Crippen LogP contribution in [0.5, 0.6) is 0 Å². The van der Waals surface area contributed by atoms with Crippen molar-refractivity contribution >= 4 is 16.9 Å². The Balaban J connectivity index is 1.79. The van der Waals surface area contributed by atoms with Gasteiger partial charge in [0.2, 0.25) is 0 Å². The minimum absolute atomic E-state index is 0.275. The minimum atomic E-state index is -0.719. The van der Waals surface area contributed by atoms with Crippen molar-refractivity contribution in [3.05, 3.63) is 107 Å². The molecule has 0 aliphatic carbocycles. The number of para-hydroxylation sites is 1. The van der Waals surface area contributed by atoms with Crippen LogP contribution in [0.25, 0.3) is 11.0 Å². The van der Waals surface area contributed by atoms with Gasteiger partial charge in [-0.3, -0.25) is 4.79 Å². The van der Waals surface area contributed by atoms with Gasteiger partial charge in [-0.2, -0.15) is 0 Å². The first-order valence-corrected chi connectivity index (χ1v) is 9.56. The monoisotopic (exact) mass is 385 g/mol. The average Bonchev–Trinajstić information content (AvgIpc) is 3.14. The summed E-state index contributed by atoms with van der Waals surface area (Å²) in [7, 11) is 1.61. The third kappa shape index (κ3) is 3.55. The van der Waals surface area contributed by atoms with E-state index in [1.807, 2.05) is 91.9 Å². The van der Waals surface area contributed by atoms with Gasteiger partial charge < -0.3 is 14.5 Å². The van der Waals surface area contributed by atoms with Crippen molar-refractivity contribution in [2.45, 2.75) is 19.1 Å². The van der Waals surface area contributed by atoms with Crippen LogP contribution < -0.4 is 5.32 Å². The second-order valence-electron chi connectivity index (χ2n) is 7.15. The summed E-state index contributed by atoms with van der Waals surface area (Å²) >= 11 is 0. The summed E-state index contributed by atoms with van der Waals surface area (Å²) in [6.45, 7) is 2.31. The molecule has 0 bridgehead atoms. The van der Waals surface area contributed by atoms with E-state index in [-0.39, 0.29) is 11.7 Å². The molecular formula is C25H23NO3. The highest BCUT2D eigenvalue weighted by molar-refractivity contribution is 5.99. The number of fused-ring (bicyclic) bond motifs is 1. The number of methoxy groups -OCH3 is 1. The molecule has 3 aromatic carbocycles. The van der Waals surface area contributed by atoms with E-state index in [1.54, 1.807) is 7.11 Å². The van der Waals surface area contributed by atoms with Gasteiger partial charge in [-0.1, -0.05) is 78.9 Å². The molecular weight excluding hydrogens is 362 g/mol. The van der Waals surface area contributed by atoms with E-state index in [0.717, 1.165) is 22.1 Å². The summed E-state index contributed by atoms with van der Waals surface area (Å²) in [6.07, 6.45) is 0. The first-order valence-electron chi connectivity index (χ1n) is 9.56. The summed E-state index contributed by atoms with van der Waals surface area (Å²) in [5.41, 5.74) is 2.69. The number of furan rings is 1. The standard InChI is InChI=1S/C25H23NO3/c1-25(18-11-5-3-6-12-18,19-13-7-4-8-14-19)26-24(27)23-21(17-28-2)20-15-9-10-16-22(20)29-23/h3-16H,17H2,1-2H3,(H,26,27). The highest BCUT2D eigenvalue weighted by Crippen LogP contribution is 2.32. The maximum Gasteiger partial charge on any atom is 0.288 e. The Bertz CT molecular complexity index is 1080. The molecule has 1 aromatic heterocycles. The Morgan fingerprint density at radius 3 is 2.03 bits per heavy atom. The predicted molar refractivity (Wildman–Crippen MR) is 114 cm³/mol. The number of ether oxygens (including phenoxy) is 1. The van der Waals surface area contributed by atoms with E-state index in [4.69, 9.17) is 9.15 Å². The fourth-order valence-electron chi connectivity index (χ4n) is 3.71. The van der Waals surface area contributed by atoms with Gasteiger partial charge in [-0.25, -0.2) is 0 Å². The molecule has 0 aliphatic heterocycles. The summed E-state index contributed by atoms with van der Waals surface area (Å²) in [4.78, 5) is 13.4. The van der Waals surface area contributed by atoms with Crippen LogP contribution in [0.15, 0.2) is 89.3 Å². The molecule has 0 spiro atoms. The summed E-state index contributed by atoms with van der Waals surface area (Å²) < 4.78 is 11.3. The molecule has 4 heteroatoms. The first kappa shape index (κ1) is 19.0. The van der Waals surface area contributed by atoms with Crippen LogP contribution >= 0.6 is 0 Å². The van der Waals surface area contributed by atoms with E-state index in [0.29, 0.717) is 12.2 Å². The van der Waals surface area contributed by atoms with Gasteiger partial charge in [0.25, 0.3) is 5.91 Å². The van der Waals surface area contributed by atoms with Crippen LogP contribution in [0.3, 0.4) is 0 Å². The molecule has 4 rings (SSSR count). The highest BCUT2D eigenvalue weighted by Gasteiger charge is 2.33. The van der Waals surface area contributed by atoms with E-state index in [2.05, 4.69) is 5.32 Å². The number of benzene rings is 3. The highest BCUT2D eigenvalue weighted by atomic mass is 16.5. The summed E-state index contributed by atoms with van der Waals surface area (Å²) in [6, 6.07) is 27.5. The average molecular weight is 385 g/mol. The van der Waals surface area contributed by atoms with Gasteiger partial charge >= 0.3 is 0 Å². The van der Waals surface area contributed by atoms with E-state index < -0.39 is 5.54 Å². The molecule has 0 unspecified atom stereocenters. The normalized spacial score (nSPS) is 11.5. The SMILES string of the molecule is COCc1c(C(=O)NC(C)(c2ccccc2)c2ccccc2)oc2ccccc12. The second kappa shape index (κ2) is 7.94. The number of nitrogens with one attached hydrogen (secondary N) is 1. The number of amides is 1. The Kier molecular flexibility index (Phi) is 5.19. The fourth-order valence-corrected chi connectivity index (χ4v) is 3.71. The topological polar surface area (TPSA) is 51.5 Å². The van der Waals surface area contributed by atoms with Crippen molar-refractivity contribution in [3.63, 3.8) is 0 Å². The molecule has 1 amide bonds. The third-order valence-electron chi connectivity index (χ3n) is 5.26. The Hall–Kier alpha value is -3.37. The molecule has 146 valence electrons. The van der Waals surface area contributed by atoms with Crippen LogP contribution in [-0.4, -0.2) is 13.0 Å². The zero-order chi connectivity index (χ0) is 20.3. The molecule has 0 saturated heterocycles. The number of carbonyl (C=O) groups excluding carboxylic acids is 1. The van der Waals surface area contributed by atoms with Crippen LogP contribution in [0, 0.1) is 0 Å². The van der Waals surface area contributed by atoms with E-state index in [9.17, 15) is 4.79 Å². The second-order valence-corrected chi connectivity index (χ2v) is 7.15.